The Kier molecular flexibility index (Phi) is 6.65. The third kappa shape index (κ3) is 4.65. The number of carbonyl (C=O) groups excluding carboxylic acids is 1. The molecule has 29 heavy (non-hydrogen) atoms. The minimum atomic E-state index is -0.227. The number of aromatic nitrogens is 2. The SMILES string of the molecule is COc1ccc(N(C)c2nc(C)nc3ccccc23)cc1C(=O)NCC[Se]C#N. The molecule has 1 aromatic heterocycles. The summed E-state index contributed by atoms with van der Waals surface area (Å²) >= 11 is -0.120. The molecular formula is C21H21N5O2Se. The van der Waals surface area contributed by atoms with E-state index in [2.05, 4.69) is 20.3 Å². The van der Waals surface area contributed by atoms with Crippen LogP contribution in [0.4, 0.5) is 11.5 Å². The number of benzene rings is 2. The molecule has 0 saturated carbocycles. The number of hydrogen-bond acceptors (Lipinski definition) is 6. The van der Waals surface area contributed by atoms with Crippen molar-refractivity contribution < 1.29 is 9.53 Å². The van der Waals surface area contributed by atoms with Gasteiger partial charge in [0.2, 0.25) is 0 Å². The van der Waals surface area contributed by atoms with E-state index in [1.54, 1.807) is 12.1 Å². The second kappa shape index (κ2) is 9.37. The molecule has 3 rings (SSSR count). The molecule has 2 aromatic carbocycles. The van der Waals surface area contributed by atoms with Gasteiger partial charge < -0.3 is 0 Å². The molecular weight excluding hydrogens is 433 g/mol. The van der Waals surface area contributed by atoms with Crippen LogP contribution in [0.1, 0.15) is 16.2 Å². The van der Waals surface area contributed by atoms with E-state index in [-0.39, 0.29) is 20.9 Å². The van der Waals surface area contributed by atoms with Gasteiger partial charge in [0.05, 0.1) is 0 Å². The van der Waals surface area contributed by atoms with Crippen LogP contribution in [0.2, 0.25) is 5.32 Å². The van der Waals surface area contributed by atoms with Gasteiger partial charge in [-0.25, -0.2) is 0 Å². The first-order valence-electron chi connectivity index (χ1n) is 8.99. The van der Waals surface area contributed by atoms with E-state index >= 15 is 0 Å². The summed E-state index contributed by atoms with van der Waals surface area (Å²) in [5.41, 5.74) is 2.12. The van der Waals surface area contributed by atoms with Crippen LogP contribution in [0.3, 0.4) is 0 Å². The first-order valence-corrected chi connectivity index (χ1v) is 11.1. The summed E-state index contributed by atoms with van der Waals surface area (Å²) in [6.07, 6.45) is 0. The van der Waals surface area contributed by atoms with Crippen molar-refractivity contribution in [3.63, 3.8) is 0 Å². The summed E-state index contributed by atoms with van der Waals surface area (Å²) in [6, 6.07) is 13.3. The molecule has 1 N–H and O–H groups in total. The van der Waals surface area contributed by atoms with Gasteiger partial charge in [0.15, 0.2) is 0 Å². The molecule has 0 aliphatic carbocycles. The predicted molar refractivity (Wildman–Crippen MR) is 114 cm³/mol. The number of aryl methyl sites for hydroxylation is 1. The standard InChI is InChI=1S/C21H21N5O2Se/c1-14-24-18-7-5-4-6-16(18)20(25-14)26(2)15-8-9-19(28-3)17(12-15)21(27)23-10-11-29-13-22/h4-9,12H,10-11H2,1-3H3,(H,23,27). The number of fused-ring (bicyclic) bond motifs is 1. The molecule has 0 aliphatic rings. The molecule has 0 radical (unpaired) electrons. The number of ether oxygens (including phenoxy) is 1. The zero-order valence-corrected chi connectivity index (χ0v) is 18.2. The summed E-state index contributed by atoms with van der Waals surface area (Å²) in [6.45, 7) is 2.32. The maximum absolute atomic E-state index is 12.7. The number of carbonyl (C=O) groups is 1. The summed E-state index contributed by atoms with van der Waals surface area (Å²) in [5, 5.41) is 13.1. The quantitative estimate of drug-likeness (QED) is 0.436. The fourth-order valence-corrected chi connectivity index (χ4v) is 3.61. The van der Waals surface area contributed by atoms with Gasteiger partial charge in [-0.1, -0.05) is 6.07 Å². The summed E-state index contributed by atoms with van der Waals surface area (Å²) in [5.74, 6) is 1.71. The van der Waals surface area contributed by atoms with Crippen LogP contribution in [0, 0.1) is 17.2 Å². The van der Waals surface area contributed by atoms with Crippen molar-refractivity contribution in [3.8, 4) is 10.7 Å². The van der Waals surface area contributed by atoms with Crippen molar-refractivity contribution in [2.45, 2.75) is 12.2 Å². The number of hydrogen-bond donors (Lipinski definition) is 1. The molecule has 0 unspecified atom stereocenters. The number of nitrogens with one attached hydrogen (secondary N) is 1. The monoisotopic (exact) mass is 455 g/mol. The Bertz CT molecular complexity index is 1080. The van der Waals surface area contributed by atoms with Crippen LogP contribution in [-0.2, 0) is 0 Å². The molecule has 7 nitrogen and oxygen atoms in total. The topological polar surface area (TPSA) is 91.1 Å². The van der Waals surface area contributed by atoms with Crippen molar-refractivity contribution in [1.82, 2.24) is 15.3 Å². The number of rotatable bonds is 7. The Labute approximate surface area is 175 Å². The van der Waals surface area contributed by atoms with Crippen LogP contribution in [0.15, 0.2) is 42.5 Å². The van der Waals surface area contributed by atoms with Crippen molar-refractivity contribution in [1.29, 1.82) is 5.26 Å². The third-order valence-electron chi connectivity index (χ3n) is 4.38. The van der Waals surface area contributed by atoms with E-state index in [9.17, 15) is 4.79 Å². The second-order valence-electron chi connectivity index (χ2n) is 6.25. The average Bonchev–Trinajstić information content (AvgIpc) is 2.75. The number of nitriles is 1. The zero-order valence-electron chi connectivity index (χ0n) is 16.5. The second-order valence-corrected chi connectivity index (χ2v) is 8.10. The van der Waals surface area contributed by atoms with Gasteiger partial charge in [-0.15, -0.1) is 0 Å². The molecule has 0 bridgehead atoms. The number of para-hydroxylation sites is 1. The molecule has 0 spiro atoms. The third-order valence-corrected chi connectivity index (χ3v) is 5.51. The fraction of sp³-hybridized carbons (Fsp3) is 0.238. The Balaban J connectivity index is 1.95. The summed E-state index contributed by atoms with van der Waals surface area (Å²) in [4.78, 5) is 25.8. The van der Waals surface area contributed by atoms with Crippen molar-refractivity contribution >= 4 is 43.3 Å². The zero-order chi connectivity index (χ0) is 20.8. The summed E-state index contributed by atoms with van der Waals surface area (Å²) < 4.78 is 5.37. The van der Waals surface area contributed by atoms with E-state index in [0.717, 1.165) is 22.4 Å². The van der Waals surface area contributed by atoms with Gasteiger partial charge in [-0.3, -0.25) is 0 Å². The van der Waals surface area contributed by atoms with Crippen LogP contribution >= 0.6 is 0 Å². The number of amides is 1. The normalized spacial score (nSPS) is 10.4. The number of methoxy groups -OCH3 is 1. The molecule has 0 fully saturated rings. The van der Waals surface area contributed by atoms with E-state index in [1.165, 1.54) is 7.11 Å². The minimum absolute atomic E-state index is 0.120. The van der Waals surface area contributed by atoms with Gasteiger partial charge in [0.25, 0.3) is 0 Å². The Morgan fingerprint density at radius 2 is 2.07 bits per heavy atom. The average molecular weight is 454 g/mol. The Morgan fingerprint density at radius 3 is 2.83 bits per heavy atom. The molecule has 3 aromatic rings. The molecule has 0 atom stereocenters. The first-order chi connectivity index (χ1) is 14.0. The van der Waals surface area contributed by atoms with Crippen LogP contribution in [0.5, 0.6) is 5.75 Å². The molecule has 1 amide bonds. The van der Waals surface area contributed by atoms with E-state index in [1.807, 2.05) is 49.2 Å². The number of nitrogens with zero attached hydrogens (tertiary/aromatic N) is 4. The van der Waals surface area contributed by atoms with Crippen molar-refractivity contribution in [3.05, 3.63) is 53.9 Å². The van der Waals surface area contributed by atoms with E-state index < -0.39 is 0 Å². The van der Waals surface area contributed by atoms with Crippen LogP contribution in [-0.4, -0.2) is 51.5 Å². The van der Waals surface area contributed by atoms with E-state index in [4.69, 9.17) is 10.00 Å². The maximum atomic E-state index is 12.7. The molecule has 0 aliphatic heterocycles. The van der Waals surface area contributed by atoms with Gasteiger partial charge in [0.1, 0.15) is 0 Å². The number of anilines is 2. The van der Waals surface area contributed by atoms with Gasteiger partial charge in [0, 0.05) is 0 Å². The van der Waals surface area contributed by atoms with Crippen LogP contribution in [0.25, 0.3) is 10.9 Å². The van der Waals surface area contributed by atoms with Gasteiger partial charge in [-0.2, -0.15) is 0 Å². The molecule has 1 heterocycles. The summed E-state index contributed by atoms with van der Waals surface area (Å²) in [7, 11) is 3.45. The molecule has 8 heteroatoms. The van der Waals surface area contributed by atoms with Crippen molar-refractivity contribution in [2.24, 2.45) is 0 Å². The Morgan fingerprint density at radius 1 is 1.28 bits per heavy atom. The van der Waals surface area contributed by atoms with Gasteiger partial charge >= 0.3 is 170 Å². The predicted octanol–water partition coefficient (Wildman–Crippen LogP) is 3.05. The van der Waals surface area contributed by atoms with E-state index in [0.29, 0.717) is 29.0 Å². The van der Waals surface area contributed by atoms with Gasteiger partial charge in [-0.05, 0) is 0 Å². The van der Waals surface area contributed by atoms with Crippen molar-refractivity contribution in [2.75, 3.05) is 25.6 Å². The fourth-order valence-electron chi connectivity index (χ4n) is 2.99. The first kappa shape index (κ1) is 20.6. The Hall–Kier alpha value is -3.14. The molecule has 148 valence electrons. The van der Waals surface area contributed by atoms with Crippen LogP contribution < -0.4 is 15.0 Å². The molecule has 0 saturated heterocycles.